The van der Waals surface area contributed by atoms with Gasteiger partial charge in [-0.05, 0) is 32.0 Å². The third-order valence-electron chi connectivity index (χ3n) is 3.68. The lowest BCUT2D eigenvalue weighted by Crippen LogP contribution is -2.30. The SMILES string of the molecule is Cc1cccc(-c2noc(CN(C[C@H](C)O)c3ccccc3)n2)c1. The van der Waals surface area contributed by atoms with Crippen molar-refractivity contribution in [3.05, 3.63) is 66.1 Å². The lowest BCUT2D eigenvalue weighted by Gasteiger charge is -2.24. The Bertz CT molecular complexity index is 784. The van der Waals surface area contributed by atoms with Crippen molar-refractivity contribution >= 4 is 5.69 Å². The molecule has 0 radical (unpaired) electrons. The second-order valence-corrected chi connectivity index (χ2v) is 5.95. The molecule has 1 aromatic heterocycles. The Kier molecular flexibility index (Phi) is 4.91. The number of anilines is 1. The molecule has 3 rings (SSSR count). The molecule has 5 nitrogen and oxygen atoms in total. The first-order valence-corrected chi connectivity index (χ1v) is 7.99. The molecule has 0 amide bonds. The molecule has 0 unspecified atom stereocenters. The van der Waals surface area contributed by atoms with Crippen molar-refractivity contribution in [2.24, 2.45) is 0 Å². The molecule has 2 aromatic carbocycles. The van der Waals surface area contributed by atoms with Crippen LogP contribution in [0.15, 0.2) is 59.1 Å². The lowest BCUT2D eigenvalue weighted by molar-refractivity contribution is 0.198. The summed E-state index contributed by atoms with van der Waals surface area (Å²) in [4.78, 5) is 6.52. The first-order valence-electron chi connectivity index (χ1n) is 7.99. The average molecular weight is 323 g/mol. The zero-order valence-corrected chi connectivity index (χ0v) is 13.9. The summed E-state index contributed by atoms with van der Waals surface area (Å²) >= 11 is 0. The molecule has 1 heterocycles. The van der Waals surface area contributed by atoms with Crippen molar-refractivity contribution in [2.45, 2.75) is 26.5 Å². The minimum absolute atomic E-state index is 0.452. The van der Waals surface area contributed by atoms with Gasteiger partial charge in [0.1, 0.15) is 0 Å². The van der Waals surface area contributed by atoms with Crippen LogP contribution in [0.5, 0.6) is 0 Å². The minimum Gasteiger partial charge on any atom is -0.392 e. The molecule has 0 bridgehead atoms. The summed E-state index contributed by atoms with van der Waals surface area (Å²) in [5.74, 6) is 1.11. The number of aryl methyl sites for hydroxylation is 1. The maximum Gasteiger partial charge on any atom is 0.246 e. The first-order chi connectivity index (χ1) is 11.6. The predicted molar refractivity (Wildman–Crippen MR) is 93.6 cm³/mol. The lowest BCUT2D eigenvalue weighted by atomic mass is 10.1. The second-order valence-electron chi connectivity index (χ2n) is 5.95. The van der Waals surface area contributed by atoms with Gasteiger partial charge in [-0.25, -0.2) is 0 Å². The van der Waals surface area contributed by atoms with Crippen LogP contribution < -0.4 is 4.90 Å². The summed E-state index contributed by atoms with van der Waals surface area (Å²) in [6, 6.07) is 17.9. The van der Waals surface area contributed by atoms with Gasteiger partial charge >= 0.3 is 0 Å². The number of para-hydroxylation sites is 1. The summed E-state index contributed by atoms with van der Waals surface area (Å²) in [5, 5.41) is 13.8. The van der Waals surface area contributed by atoms with Crippen molar-refractivity contribution in [3.8, 4) is 11.4 Å². The normalized spacial score (nSPS) is 12.1. The van der Waals surface area contributed by atoms with E-state index in [2.05, 4.69) is 10.1 Å². The number of aromatic nitrogens is 2. The maximum absolute atomic E-state index is 9.77. The quantitative estimate of drug-likeness (QED) is 0.753. The minimum atomic E-state index is -0.454. The highest BCUT2D eigenvalue weighted by Crippen LogP contribution is 2.20. The summed E-state index contributed by atoms with van der Waals surface area (Å²) in [7, 11) is 0. The number of rotatable bonds is 6. The predicted octanol–water partition coefficient (Wildman–Crippen LogP) is 3.43. The number of aliphatic hydroxyl groups excluding tert-OH is 1. The molecule has 0 spiro atoms. The van der Waals surface area contributed by atoms with Crippen molar-refractivity contribution in [1.29, 1.82) is 0 Å². The van der Waals surface area contributed by atoms with Crippen LogP contribution in [0, 0.1) is 6.92 Å². The second kappa shape index (κ2) is 7.27. The number of hydrogen-bond acceptors (Lipinski definition) is 5. The van der Waals surface area contributed by atoms with E-state index >= 15 is 0 Å². The molecule has 0 saturated carbocycles. The van der Waals surface area contributed by atoms with Crippen LogP contribution in [0.3, 0.4) is 0 Å². The Labute approximate surface area is 141 Å². The van der Waals surface area contributed by atoms with E-state index in [1.807, 2.05) is 66.4 Å². The van der Waals surface area contributed by atoms with E-state index in [4.69, 9.17) is 4.52 Å². The van der Waals surface area contributed by atoms with Gasteiger partial charge < -0.3 is 14.5 Å². The van der Waals surface area contributed by atoms with Gasteiger partial charge in [-0.3, -0.25) is 0 Å². The number of nitrogens with zero attached hydrogens (tertiary/aromatic N) is 3. The van der Waals surface area contributed by atoms with E-state index in [0.717, 1.165) is 16.8 Å². The molecule has 0 fully saturated rings. The molecule has 0 aliphatic carbocycles. The number of benzene rings is 2. The molecule has 24 heavy (non-hydrogen) atoms. The van der Waals surface area contributed by atoms with E-state index in [1.165, 1.54) is 0 Å². The number of aliphatic hydroxyl groups is 1. The van der Waals surface area contributed by atoms with E-state index in [-0.39, 0.29) is 0 Å². The van der Waals surface area contributed by atoms with Crippen LogP contribution in [0.25, 0.3) is 11.4 Å². The fourth-order valence-corrected chi connectivity index (χ4v) is 2.60. The van der Waals surface area contributed by atoms with Crippen molar-refractivity contribution in [2.75, 3.05) is 11.4 Å². The van der Waals surface area contributed by atoms with Crippen LogP contribution in [-0.4, -0.2) is 27.9 Å². The summed E-state index contributed by atoms with van der Waals surface area (Å²) in [6.45, 7) is 4.74. The van der Waals surface area contributed by atoms with Crippen molar-refractivity contribution < 1.29 is 9.63 Å². The topological polar surface area (TPSA) is 62.4 Å². The zero-order valence-electron chi connectivity index (χ0n) is 13.9. The van der Waals surface area contributed by atoms with E-state index in [9.17, 15) is 5.11 Å². The van der Waals surface area contributed by atoms with Crippen LogP contribution in [0.4, 0.5) is 5.69 Å². The van der Waals surface area contributed by atoms with E-state index < -0.39 is 6.10 Å². The molecule has 1 atom stereocenters. The van der Waals surface area contributed by atoms with Gasteiger partial charge in [-0.2, -0.15) is 4.98 Å². The monoisotopic (exact) mass is 323 g/mol. The molecule has 0 aliphatic heterocycles. The van der Waals surface area contributed by atoms with Crippen molar-refractivity contribution in [1.82, 2.24) is 10.1 Å². The fourth-order valence-electron chi connectivity index (χ4n) is 2.60. The van der Waals surface area contributed by atoms with Gasteiger partial charge in [-0.1, -0.05) is 47.1 Å². The van der Waals surface area contributed by atoms with Crippen LogP contribution in [0.1, 0.15) is 18.4 Å². The highest BCUT2D eigenvalue weighted by atomic mass is 16.5. The summed E-state index contributed by atoms with van der Waals surface area (Å²) < 4.78 is 5.41. The van der Waals surface area contributed by atoms with Gasteiger partial charge in [0.2, 0.25) is 11.7 Å². The van der Waals surface area contributed by atoms with Crippen molar-refractivity contribution in [3.63, 3.8) is 0 Å². The third kappa shape index (κ3) is 4.00. The van der Waals surface area contributed by atoms with E-state index in [0.29, 0.717) is 24.8 Å². The average Bonchev–Trinajstić information content (AvgIpc) is 3.03. The molecule has 5 heteroatoms. The Morgan fingerprint density at radius 2 is 1.92 bits per heavy atom. The standard InChI is InChI=1S/C19H21N3O2/c1-14-7-6-8-16(11-14)19-20-18(24-21-19)13-22(12-15(2)23)17-9-4-3-5-10-17/h3-11,15,23H,12-13H2,1-2H3/t15-/m0/s1. The highest BCUT2D eigenvalue weighted by molar-refractivity contribution is 5.55. The Morgan fingerprint density at radius 3 is 2.62 bits per heavy atom. The third-order valence-corrected chi connectivity index (χ3v) is 3.68. The maximum atomic E-state index is 9.77. The number of hydrogen-bond donors (Lipinski definition) is 1. The largest absolute Gasteiger partial charge is 0.392 e. The van der Waals surface area contributed by atoms with Crippen LogP contribution in [-0.2, 0) is 6.54 Å². The Hall–Kier alpha value is -2.66. The fraction of sp³-hybridized carbons (Fsp3) is 0.263. The summed E-state index contributed by atoms with van der Waals surface area (Å²) in [6.07, 6.45) is -0.454. The van der Waals surface area contributed by atoms with Gasteiger partial charge in [0.25, 0.3) is 0 Å². The molecule has 0 aliphatic rings. The van der Waals surface area contributed by atoms with Gasteiger partial charge in [0.05, 0.1) is 12.6 Å². The van der Waals surface area contributed by atoms with Gasteiger partial charge in [0, 0.05) is 17.8 Å². The van der Waals surface area contributed by atoms with Crippen LogP contribution in [0.2, 0.25) is 0 Å². The molecule has 0 saturated heterocycles. The van der Waals surface area contributed by atoms with E-state index in [1.54, 1.807) is 6.92 Å². The first kappa shape index (κ1) is 16.2. The highest BCUT2D eigenvalue weighted by Gasteiger charge is 2.15. The molecular weight excluding hydrogens is 302 g/mol. The summed E-state index contributed by atoms with van der Waals surface area (Å²) in [5.41, 5.74) is 3.10. The van der Waals surface area contributed by atoms with Gasteiger partial charge in [0.15, 0.2) is 0 Å². The zero-order chi connectivity index (χ0) is 16.9. The molecule has 3 aromatic rings. The smallest absolute Gasteiger partial charge is 0.246 e. The Morgan fingerprint density at radius 1 is 1.12 bits per heavy atom. The van der Waals surface area contributed by atoms with Crippen LogP contribution >= 0.6 is 0 Å². The molecular formula is C19H21N3O2. The Balaban J connectivity index is 1.81. The van der Waals surface area contributed by atoms with Gasteiger partial charge in [-0.15, -0.1) is 0 Å². The molecule has 124 valence electrons. The molecule has 1 N–H and O–H groups in total.